The third-order valence-corrected chi connectivity index (χ3v) is 2.43. The Bertz CT molecular complexity index is 433. The summed E-state index contributed by atoms with van der Waals surface area (Å²) < 4.78 is 1.81. The zero-order chi connectivity index (χ0) is 8.55. The molecule has 0 bridgehead atoms. The molecular weight excluding hydrogens is 253 g/mol. The molecule has 0 N–H and O–H groups in total. The van der Waals surface area contributed by atoms with Crippen LogP contribution < -0.4 is 4.73 Å². The Morgan fingerprint density at radius 2 is 2.00 bits per heavy atom. The lowest BCUT2D eigenvalue weighted by molar-refractivity contribution is -0.603. The lowest BCUT2D eigenvalue weighted by Gasteiger charge is -1.99. The van der Waals surface area contributed by atoms with Crippen molar-refractivity contribution < 1.29 is 4.73 Å². The van der Waals surface area contributed by atoms with E-state index in [9.17, 15) is 5.21 Å². The van der Waals surface area contributed by atoms with Crippen molar-refractivity contribution in [3.8, 4) is 0 Å². The molecule has 0 atom stereocenters. The molecule has 13 heavy (non-hydrogen) atoms. The normalized spacial score (nSPS) is 9.62. The zero-order valence-electron chi connectivity index (χ0n) is 6.61. The lowest BCUT2D eigenvalue weighted by Crippen LogP contribution is -2.23. The van der Waals surface area contributed by atoms with Crippen molar-refractivity contribution in [2.24, 2.45) is 0 Å². The summed E-state index contributed by atoms with van der Waals surface area (Å²) in [6.45, 7) is 0. The van der Waals surface area contributed by atoms with E-state index in [0.717, 1.165) is 20.0 Å². The van der Waals surface area contributed by atoms with E-state index >= 15 is 0 Å². The molecule has 0 saturated heterocycles. The third kappa shape index (κ3) is 1.92. The Kier molecular flexibility index (Phi) is 3.12. The minimum atomic E-state index is 0. The van der Waals surface area contributed by atoms with Gasteiger partial charge < -0.3 is 5.21 Å². The van der Waals surface area contributed by atoms with Gasteiger partial charge in [-0.25, -0.2) is 0 Å². The van der Waals surface area contributed by atoms with Crippen molar-refractivity contribution in [1.82, 2.24) is 0 Å². The maximum atomic E-state index is 10.9. The molecule has 0 saturated carbocycles. The molecule has 0 unspecified atom stereocenters. The fraction of sp³-hybridized carbons (Fsp3) is 0. The lowest BCUT2D eigenvalue weighted by atomic mass is 10.2. The molecule has 4 heteroatoms. The van der Waals surface area contributed by atoms with Crippen LogP contribution in [-0.2, 0) is 0 Å². The average Bonchev–Trinajstić information content (AvgIpc) is 2.04. The first-order chi connectivity index (χ1) is 5.77. The van der Waals surface area contributed by atoms with Crippen LogP contribution in [0, 0.1) is 5.21 Å². The molecule has 2 rings (SSSR count). The van der Waals surface area contributed by atoms with E-state index < -0.39 is 0 Å². The highest BCUT2D eigenvalue weighted by atomic mass is 79.9. The second kappa shape index (κ2) is 3.94. The molecule has 0 amide bonds. The van der Waals surface area contributed by atoms with Gasteiger partial charge in [0.25, 0.3) is 0 Å². The van der Waals surface area contributed by atoms with Crippen molar-refractivity contribution in [2.75, 3.05) is 0 Å². The standard InChI is InChI=1S/C9H6BrNO.ClH/c10-9-3-1-2-7-6-11(12)5-4-8(7)9;/h1-6H;1H. The summed E-state index contributed by atoms with van der Waals surface area (Å²) in [5.74, 6) is 0. The summed E-state index contributed by atoms with van der Waals surface area (Å²) in [7, 11) is 0. The number of halogens is 2. The highest BCUT2D eigenvalue weighted by Gasteiger charge is 1.99. The van der Waals surface area contributed by atoms with E-state index in [1.54, 1.807) is 12.3 Å². The molecule has 0 radical (unpaired) electrons. The van der Waals surface area contributed by atoms with Gasteiger partial charge in [0.15, 0.2) is 12.4 Å². The number of benzene rings is 1. The van der Waals surface area contributed by atoms with Crippen LogP contribution >= 0.6 is 28.3 Å². The van der Waals surface area contributed by atoms with E-state index in [4.69, 9.17) is 0 Å². The quantitative estimate of drug-likeness (QED) is 0.528. The van der Waals surface area contributed by atoms with Crippen LogP contribution in [0.5, 0.6) is 0 Å². The van der Waals surface area contributed by atoms with Gasteiger partial charge in [-0.2, -0.15) is 4.73 Å². The number of hydrogen-bond acceptors (Lipinski definition) is 1. The predicted molar refractivity (Wildman–Crippen MR) is 57.9 cm³/mol. The van der Waals surface area contributed by atoms with E-state index in [1.807, 2.05) is 18.2 Å². The van der Waals surface area contributed by atoms with Crippen LogP contribution in [0.3, 0.4) is 0 Å². The number of nitrogens with zero attached hydrogens (tertiary/aromatic N) is 1. The largest absolute Gasteiger partial charge is 0.619 e. The van der Waals surface area contributed by atoms with E-state index in [-0.39, 0.29) is 12.4 Å². The van der Waals surface area contributed by atoms with Crippen LogP contribution in [0.4, 0.5) is 0 Å². The Morgan fingerprint density at radius 1 is 1.23 bits per heavy atom. The molecule has 2 nitrogen and oxygen atoms in total. The van der Waals surface area contributed by atoms with Gasteiger partial charge in [0.1, 0.15) is 0 Å². The van der Waals surface area contributed by atoms with Crippen LogP contribution in [-0.4, -0.2) is 0 Å². The van der Waals surface area contributed by atoms with Gasteiger partial charge in [0, 0.05) is 21.3 Å². The molecular formula is C9H7BrClNO. The monoisotopic (exact) mass is 259 g/mol. The van der Waals surface area contributed by atoms with Crippen molar-refractivity contribution in [2.45, 2.75) is 0 Å². The van der Waals surface area contributed by atoms with Crippen molar-refractivity contribution in [3.05, 3.63) is 46.3 Å². The fourth-order valence-electron chi connectivity index (χ4n) is 1.17. The first-order valence-corrected chi connectivity index (χ1v) is 4.34. The van der Waals surface area contributed by atoms with E-state index in [0.29, 0.717) is 0 Å². The van der Waals surface area contributed by atoms with Gasteiger partial charge in [-0.1, -0.05) is 22.0 Å². The van der Waals surface area contributed by atoms with E-state index in [2.05, 4.69) is 15.9 Å². The summed E-state index contributed by atoms with van der Waals surface area (Å²) in [6.07, 6.45) is 3.05. The van der Waals surface area contributed by atoms with Crippen LogP contribution in [0.2, 0.25) is 0 Å². The number of rotatable bonds is 0. The van der Waals surface area contributed by atoms with Crippen LogP contribution in [0.25, 0.3) is 10.8 Å². The van der Waals surface area contributed by atoms with Crippen molar-refractivity contribution in [1.29, 1.82) is 0 Å². The molecule has 0 fully saturated rings. The molecule has 0 spiro atoms. The minimum absolute atomic E-state index is 0. The Labute approximate surface area is 90.3 Å². The smallest absolute Gasteiger partial charge is 0.188 e. The van der Waals surface area contributed by atoms with Gasteiger partial charge in [-0.15, -0.1) is 12.4 Å². The second-order valence-corrected chi connectivity index (χ2v) is 3.40. The zero-order valence-corrected chi connectivity index (χ0v) is 9.01. The summed E-state index contributed by atoms with van der Waals surface area (Å²) >= 11 is 3.41. The highest BCUT2D eigenvalue weighted by molar-refractivity contribution is 9.10. The summed E-state index contributed by atoms with van der Waals surface area (Å²) in [6, 6.07) is 7.57. The second-order valence-electron chi connectivity index (χ2n) is 2.55. The number of hydrogen-bond donors (Lipinski definition) is 0. The highest BCUT2D eigenvalue weighted by Crippen LogP contribution is 2.21. The van der Waals surface area contributed by atoms with E-state index in [1.165, 1.54) is 6.20 Å². The molecule has 0 aliphatic rings. The fourth-order valence-corrected chi connectivity index (χ4v) is 1.68. The predicted octanol–water partition coefficient (Wildman–Crippen LogP) is 2.66. The maximum absolute atomic E-state index is 10.9. The molecule has 0 aliphatic carbocycles. The Hall–Kier alpha value is -0.800. The van der Waals surface area contributed by atoms with Gasteiger partial charge in [0.05, 0.1) is 0 Å². The first-order valence-electron chi connectivity index (χ1n) is 3.54. The summed E-state index contributed by atoms with van der Waals surface area (Å²) in [5.41, 5.74) is 0. The third-order valence-electron chi connectivity index (χ3n) is 1.74. The first kappa shape index (κ1) is 10.3. The van der Waals surface area contributed by atoms with Crippen LogP contribution in [0.1, 0.15) is 0 Å². The maximum Gasteiger partial charge on any atom is 0.188 e. The SMILES string of the molecule is Cl.[O-][n+]1ccc2c(Br)cccc2c1. The molecule has 1 heterocycles. The molecule has 2 aromatic rings. The van der Waals surface area contributed by atoms with Gasteiger partial charge >= 0.3 is 0 Å². The molecule has 1 aromatic heterocycles. The topological polar surface area (TPSA) is 26.9 Å². The summed E-state index contributed by atoms with van der Waals surface area (Å²) in [4.78, 5) is 0. The average molecular weight is 261 g/mol. The van der Waals surface area contributed by atoms with Crippen molar-refractivity contribution >= 4 is 39.1 Å². The Morgan fingerprint density at radius 3 is 2.77 bits per heavy atom. The van der Waals surface area contributed by atoms with Gasteiger partial charge in [0.2, 0.25) is 0 Å². The number of aromatic nitrogens is 1. The summed E-state index contributed by atoms with van der Waals surface area (Å²) in [5, 5.41) is 12.9. The molecule has 68 valence electrons. The molecule has 1 aromatic carbocycles. The van der Waals surface area contributed by atoms with Gasteiger partial charge in [-0.05, 0) is 12.1 Å². The Balaban J connectivity index is 0.000000845. The van der Waals surface area contributed by atoms with Gasteiger partial charge in [-0.3, -0.25) is 0 Å². The number of pyridine rings is 1. The molecule has 0 aliphatic heterocycles. The van der Waals surface area contributed by atoms with Crippen molar-refractivity contribution in [3.63, 3.8) is 0 Å². The van der Waals surface area contributed by atoms with Crippen LogP contribution in [0.15, 0.2) is 41.1 Å². The number of fused-ring (bicyclic) bond motifs is 1. The minimum Gasteiger partial charge on any atom is -0.619 e.